The molecule has 0 aliphatic carbocycles. The summed E-state index contributed by atoms with van der Waals surface area (Å²) in [6.07, 6.45) is 7.35. The highest BCUT2D eigenvalue weighted by molar-refractivity contribution is 5.20. The van der Waals surface area contributed by atoms with Gasteiger partial charge in [0, 0.05) is 6.04 Å². The van der Waals surface area contributed by atoms with Crippen LogP contribution < -0.4 is 0 Å². The second-order valence-electron chi connectivity index (χ2n) is 3.78. The van der Waals surface area contributed by atoms with Crippen molar-refractivity contribution in [3.05, 3.63) is 22.5 Å². The minimum absolute atomic E-state index is 0.0670. The SMILES string of the molecule is CCCCC[C@@H](C)n1cc([N+](=O)[O-])cn1. The van der Waals surface area contributed by atoms with Gasteiger partial charge in [0.05, 0.1) is 4.92 Å². The van der Waals surface area contributed by atoms with Crippen LogP contribution in [0.15, 0.2) is 12.4 Å². The summed E-state index contributed by atoms with van der Waals surface area (Å²) >= 11 is 0. The van der Waals surface area contributed by atoms with Gasteiger partial charge in [-0.1, -0.05) is 26.2 Å². The van der Waals surface area contributed by atoms with E-state index in [4.69, 9.17) is 0 Å². The lowest BCUT2D eigenvalue weighted by atomic mass is 10.1. The molecule has 1 heterocycles. The minimum atomic E-state index is -0.414. The lowest BCUT2D eigenvalue weighted by molar-refractivity contribution is -0.385. The van der Waals surface area contributed by atoms with E-state index in [0.717, 1.165) is 12.8 Å². The Hall–Kier alpha value is -1.39. The normalized spacial score (nSPS) is 12.7. The first-order valence-corrected chi connectivity index (χ1v) is 5.33. The highest BCUT2D eigenvalue weighted by Crippen LogP contribution is 2.17. The lowest BCUT2D eigenvalue weighted by Gasteiger charge is -2.10. The second-order valence-corrected chi connectivity index (χ2v) is 3.78. The summed E-state index contributed by atoms with van der Waals surface area (Å²) in [4.78, 5) is 10.0. The molecule has 0 N–H and O–H groups in total. The van der Waals surface area contributed by atoms with Gasteiger partial charge in [0.25, 0.3) is 0 Å². The van der Waals surface area contributed by atoms with Crippen molar-refractivity contribution in [1.82, 2.24) is 9.78 Å². The van der Waals surface area contributed by atoms with E-state index in [-0.39, 0.29) is 11.7 Å². The van der Waals surface area contributed by atoms with Crippen molar-refractivity contribution < 1.29 is 4.92 Å². The molecule has 0 unspecified atom stereocenters. The Morgan fingerprint density at radius 3 is 2.87 bits per heavy atom. The molecule has 1 aromatic heterocycles. The van der Waals surface area contributed by atoms with Crippen LogP contribution in [0.5, 0.6) is 0 Å². The number of rotatable bonds is 6. The zero-order valence-electron chi connectivity index (χ0n) is 9.22. The maximum atomic E-state index is 10.4. The van der Waals surface area contributed by atoms with E-state index in [0.29, 0.717) is 0 Å². The maximum Gasteiger partial charge on any atom is 0.307 e. The first-order chi connectivity index (χ1) is 7.15. The quantitative estimate of drug-likeness (QED) is 0.413. The largest absolute Gasteiger partial charge is 0.307 e. The van der Waals surface area contributed by atoms with Crippen LogP contribution >= 0.6 is 0 Å². The third kappa shape index (κ3) is 3.34. The van der Waals surface area contributed by atoms with Gasteiger partial charge in [-0.25, -0.2) is 0 Å². The van der Waals surface area contributed by atoms with E-state index in [1.54, 1.807) is 4.68 Å². The third-order valence-corrected chi connectivity index (χ3v) is 2.48. The van der Waals surface area contributed by atoms with Gasteiger partial charge in [0.15, 0.2) is 0 Å². The van der Waals surface area contributed by atoms with Crippen LogP contribution in [0, 0.1) is 10.1 Å². The second kappa shape index (κ2) is 5.48. The summed E-state index contributed by atoms with van der Waals surface area (Å²) in [7, 11) is 0. The summed E-state index contributed by atoms with van der Waals surface area (Å²) in [6.45, 7) is 4.19. The van der Waals surface area contributed by atoms with Crippen molar-refractivity contribution in [3.8, 4) is 0 Å². The van der Waals surface area contributed by atoms with Gasteiger partial charge < -0.3 is 0 Å². The highest BCUT2D eigenvalue weighted by atomic mass is 16.6. The van der Waals surface area contributed by atoms with Gasteiger partial charge in [0.1, 0.15) is 12.4 Å². The molecule has 0 aliphatic rings. The zero-order chi connectivity index (χ0) is 11.3. The standard InChI is InChI=1S/C10H17N3O2/c1-3-4-5-6-9(2)12-8-10(7-11-12)13(14)15/h7-9H,3-6H2,1-2H3/t9-/m1/s1. The summed E-state index contributed by atoms with van der Waals surface area (Å²) in [5.41, 5.74) is 0.0670. The minimum Gasteiger partial charge on any atom is -0.263 e. The van der Waals surface area contributed by atoms with E-state index in [9.17, 15) is 10.1 Å². The van der Waals surface area contributed by atoms with Gasteiger partial charge in [-0.3, -0.25) is 14.8 Å². The average molecular weight is 211 g/mol. The smallest absolute Gasteiger partial charge is 0.263 e. The first kappa shape index (κ1) is 11.7. The fraction of sp³-hybridized carbons (Fsp3) is 0.700. The molecular weight excluding hydrogens is 194 g/mol. The number of nitrogens with zero attached hydrogens (tertiary/aromatic N) is 3. The van der Waals surface area contributed by atoms with Crippen LogP contribution in [0.1, 0.15) is 45.6 Å². The van der Waals surface area contributed by atoms with Crippen molar-refractivity contribution in [1.29, 1.82) is 0 Å². The third-order valence-electron chi connectivity index (χ3n) is 2.48. The summed E-state index contributed by atoms with van der Waals surface area (Å²) in [6, 6.07) is 0.241. The van der Waals surface area contributed by atoms with Gasteiger partial charge in [-0.2, -0.15) is 5.10 Å². The van der Waals surface area contributed by atoms with Crippen molar-refractivity contribution in [2.24, 2.45) is 0 Å². The Bertz CT molecular complexity index is 322. The number of aromatic nitrogens is 2. The Labute approximate surface area is 89.2 Å². The molecule has 0 fully saturated rings. The summed E-state index contributed by atoms with van der Waals surface area (Å²) < 4.78 is 1.67. The lowest BCUT2D eigenvalue weighted by Crippen LogP contribution is -2.05. The van der Waals surface area contributed by atoms with Crippen molar-refractivity contribution in [2.75, 3.05) is 0 Å². The Morgan fingerprint density at radius 1 is 1.60 bits per heavy atom. The Morgan fingerprint density at radius 2 is 2.33 bits per heavy atom. The molecule has 0 radical (unpaired) electrons. The zero-order valence-corrected chi connectivity index (χ0v) is 9.22. The Balaban J connectivity index is 2.50. The molecule has 1 rings (SSSR count). The van der Waals surface area contributed by atoms with E-state index < -0.39 is 4.92 Å². The van der Waals surface area contributed by atoms with Crippen molar-refractivity contribution >= 4 is 5.69 Å². The van der Waals surface area contributed by atoms with Gasteiger partial charge in [0.2, 0.25) is 0 Å². The Kier molecular flexibility index (Phi) is 4.27. The fourth-order valence-corrected chi connectivity index (χ4v) is 1.49. The van der Waals surface area contributed by atoms with Gasteiger partial charge in [-0.05, 0) is 13.3 Å². The van der Waals surface area contributed by atoms with Crippen molar-refractivity contribution in [2.45, 2.75) is 45.6 Å². The van der Waals surface area contributed by atoms with E-state index in [1.165, 1.54) is 25.2 Å². The topological polar surface area (TPSA) is 61.0 Å². The average Bonchev–Trinajstić information content (AvgIpc) is 2.66. The monoisotopic (exact) mass is 211 g/mol. The van der Waals surface area contributed by atoms with E-state index in [2.05, 4.69) is 12.0 Å². The van der Waals surface area contributed by atoms with E-state index >= 15 is 0 Å². The molecule has 5 nitrogen and oxygen atoms in total. The van der Waals surface area contributed by atoms with Gasteiger partial charge in [-0.15, -0.1) is 0 Å². The van der Waals surface area contributed by atoms with E-state index in [1.807, 2.05) is 6.92 Å². The van der Waals surface area contributed by atoms with Crippen LogP contribution in [0.25, 0.3) is 0 Å². The molecule has 0 spiro atoms. The fourth-order valence-electron chi connectivity index (χ4n) is 1.49. The molecule has 5 heteroatoms. The molecule has 0 aromatic carbocycles. The number of hydrogen-bond donors (Lipinski definition) is 0. The number of unbranched alkanes of at least 4 members (excludes halogenated alkanes) is 2. The summed E-state index contributed by atoms with van der Waals surface area (Å²) in [5, 5.41) is 14.4. The number of hydrogen-bond acceptors (Lipinski definition) is 3. The molecule has 1 atom stereocenters. The van der Waals surface area contributed by atoms with Crippen molar-refractivity contribution in [3.63, 3.8) is 0 Å². The van der Waals surface area contributed by atoms with Crippen LogP contribution in [0.3, 0.4) is 0 Å². The van der Waals surface area contributed by atoms with Gasteiger partial charge >= 0.3 is 5.69 Å². The molecule has 1 aromatic rings. The molecule has 0 amide bonds. The van der Waals surface area contributed by atoms with Crippen LogP contribution in [0.4, 0.5) is 5.69 Å². The van der Waals surface area contributed by atoms with Crippen LogP contribution in [-0.2, 0) is 0 Å². The summed E-state index contributed by atoms with van der Waals surface area (Å²) in [5.74, 6) is 0. The van der Waals surface area contributed by atoms with Crippen LogP contribution in [-0.4, -0.2) is 14.7 Å². The molecular formula is C10H17N3O2. The first-order valence-electron chi connectivity index (χ1n) is 5.33. The molecule has 0 aliphatic heterocycles. The molecule has 0 saturated heterocycles. The molecule has 0 saturated carbocycles. The predicted octanol–water partition coefficient (Wildman–Crippen LogP) is 2.93. The molecule has 84 valence electrons. The van der Waals surface area contributed by atoms with Crippen LogP contribution in [0.2, 0.25) is 0 Å². The predicted molar refractivity (Wildman–Crippen MR) is 57.7 cm³/mol. The highest BCUT2D eigenvalue weighted by Gasteiger charge is 2.12. The maximum absolute atomic E-state index is 10.4. The molecule has 0 bridgehead atoms. The number of nitro groups is 1. The molecule has 15 heavy (non-hydrogen) atoms.